The standard InChI is InChI=1S/C7H5FN2O/c8-5-3-7(11)6(1-2-9)10-4-5/h3-4,11H,1H2. The zero-order chi connectivity index (χ0) is 8.27. The molecule has 1 aromatic heterocycles. The van der Waals surface area contributed by atoms with Gasteiger partial charge in [0.25, 0.3) is 0 Å². The summed E-state index contributed by atoms with van der Waals surface area (Å²) in [6.07, 6.45) is 0.957. The lowest BCUT2D eigenvalue weighted by Crippen LogP contribution is -1.89. The van der Waals surface area contributed by atoms with Gasteiger partial charge in [-0.25, -0.2) is 4.39 Å². The van der Waals surface area contributed by atoms with Gasteiger partial charge in [0.1, 0.15) is 11.6 Å². The number of hydrogen-bond acceptors (Lipinski definition) is 3. The van der Waals surface area contributed by atoms with Crippen LogP contribution < -0.4 is 0 Å². The fourth-order valence-electron chi connectivity index (χ4n) is 0.668. The lowest BCUT2D eigenvalue weighted by molar-refractivity contribution is 0.458. The maximum atomic E-state index is 12.3. The van der Waals surface area contributed by atoms with Crippen LogP contribution in [-0.2, 0) is 6.42 Å². The van der Waals surface area contributed by atoms with E-state index < -0.39 is 5.82 Å². The summed E-state index contributed by atoms with van der Waals surface area (Å²) in [6, 6.07) is 2.73. The minimum Gasteiger partial charge on any atom is -0.506 e. The molecule has 4 heteroatoms. The smallest absolute Gasteiger partial charge is 0.145 e. The number of halogens is 1. The first-order valence-electron chi connectivity index (χ1n) is 2.94. The molecule has 0 aromatic carbocycles. The summed E-state index contributed by atoms with van der Waals surface area (Å²) >= 11 is 0. The first kappa shape index (κ1) is 7.48. The third kappa shape index (κ3) is 1.64. The molecule has 0 radical (unpaired) electrons. The lowest BCUT2D eigenvalue weighted by atomic mass is 10.2. The van der Waals surface area contributed by atoms with Crippen molar-refractivity contribution in [1.82, 2.24) is 4.98 Å². The Balaban J connectivity index is 3.01. The SMILES string of the molecule is N#CCc1ncc(F)cc1O. The summed E-state index contributed by atoms with van der Waals surface area (Å²) in [4.78, 5) is 3.52. The van der Waals surface area contributed by atoms with Gasteiger partial charge in [0.15, 0.2) is 0 Å². The van der Waals surface area contributed by atoms with E-state index in [1.54, 1.807) is 6.07 Å². The van der Waals surface area contributed by atoms with Gasteiger partial charge in [0.2, 0.25) is 0 Å². The Morgan fingerprint density at radius 2 is 2.45 bits per heavy atom. The average molecular weight is 152 g/mol. The highest BCUT2D eigenvalue weighted by Crippen LogP contribution is 2.14. The summed E-state index contributed by atoms with van der Waals surface area (Å²) in [5.74, 6) is -0.879. The highest BCUT2D eigenvalue weighted by molar-refractivity contribution is 5.27. The summed E-state index contributed by atoms with van der Waals surface area (Å²) < 4.78 is 12.3. The Hall–Kier alpha value is -1.63. The molecule has 0 spiro atoms. The number of rotatable bonds is 1. The summed E-state index contributed by atoms with van der Waals surface area (Å²) in [5, 5.41) is 17.2. The number of aromatic nitrogens is 1. The molecule has 11 heavy (non-hydrogen) atoms. The quantitative estimate of drug-likeness (QED) is 0.652. The van der Waals surface area contributed by atoms with Gasteiger partial charge in [-0.1, -0.05) is 0 Å². The molecule has 0 fully saturated rings. The van der Waals surface area contributed by atoms with Crippen LogP contribution in [0.2, 0.25) is 0 Å². The number of nitriles is 1. The molecule has 3 nitrogen and oxygen atoms in total. The van der Waals surface area contributed by atoms with Crippen molar-refractivity contribution >= 4 is 0 Å². The zero-order valence-corrected chi connectivity index (χ0v) is 5.58. The van der Waals surface area contributed by atoms with Crippen LogP contribution in [0.25, 0.3) is 0 Å². The van der Waals surface area contributed by atoms with E-state index in [1.165, 1.54) is 0 Å². The van der Waals surface area contributed by atoms with Gasteiger partial charge < -0.3 is 5.11 Å². The maximum absolute atomic E-state index is 12.3. The summed E-state index contributed by atoms with van der Waals surface area (Å²) in [7, 11) is 0. The van der Waals surface area contributed by atoms with Crippen molar-refractivity contribution in [3.63, 3.8) is 0 Å². The Morgan fingerprint density at radius 3 is 3.00 bits per heavy atom. The van der Waals surface area contributed by atoms with E-state index in [4.69, 9.17) is 10.4 Å². The average Bonchev–Trinajstić information content (AvgIpc) is 1.95. The fraction of sp³-hybridized carbons (Fsp3) is 0.143. The molecule has 0 saturated carbocycles. The topological polar surface area (TPSA) is 56.9 Å². The molecular formula is C7H5FN2O. The number of pyridine rings is 1. The van der Waals surface area contributed by atoms with Crippen molar-refractivity contribution in [2.45, 2.75) is 6.42 Å². The molecule has 0 unspecified atom stereocenters. The van der Waals surface area contributed by atoms with Gasteiger partial charge in [-0.15, -0.1) is 0 Å². The zero-order valence-electron chi connectivity index (χ0n) is 5.58. The van der Waals surface area contributed by atoms with Gasteiger partial charge in [0, 0.05) is 6.07 Å². The van der Waals surface area contributed by atoms with Crippen LogP contribution in [0.1, 0.15) is 5.69 Å². The Morgan fingerprint density at radius 1 is 1.73 bits per heavy atom. The summed E-state index contributed by atoms with van der Waals surface area (Å²) in [6.45, 7) is 0. The first-order valence-corrected chi connectivity index (χ1v) is 2.94. The van der Waals surface area contributed by atoms with Crippen molar-refractivity contribution in [3.8, 4) is 11.8 Å². The molecular weight excluding hydrogens is 147 g/mol. The molecule has 0 atom stereocenters. The second-order valence-electron chi connectivity index (χ2n) is 1.95. The van der Waals surface area contributed by atoms with Crippen molar-refractivity contribution < 1.29 is 9.50 Å². The monoisotopic (exact) mass is 152 g/mol. The predicted octanol–water partition coefficient (Wildman–Crippen LogP) is 0.992. The van der Waals surface area contributed by atoms with E-state index >= 15 is 0 Å². The minimum absolute atomic E-state index is 0.00782. The van der Waals surface area contributed by atoms with Crippen LogP contribution in [0.4, 0.5) is 4.39 Å². The fourth-order valence-corrected chi connectivity index (χ4v) is 0.668. The van der Waals surface area contributed by atoms with Crippen LogP contribution in [-0.4, -0.2) is 10.1 Å². The second kappa shape index (κ2) is 2.97. The first-order chi connectivity index (χ1) is 5.24. The normalized spacial score (nSPS) is 9.09. The molecule has 56 valence electrons. The highest BCUT2D eigenvalue weighted by atomic mass is 19.1. The maximum Gasteiger partial charge on any atom is 0.145 e. The van der Waals surface area contributed by atoms with Gasteiger partial charge in [0.05, 0.1) is 24.4 Å². The molecule has 0 amide bonds. The van der Waals surface area contributed by atoms with E-state index in [0.717, 1.165) is 12.3 Å². The molecule has 0 aliphatic carbocycles. The Kier molecular flexibility index (Phi) is 2.02. The largest absolute Gasteiger partial charge is 0.506 e. The molecule has 1 aromatic rings. The number of hydrogen-bond donors (Lipinski definition) is 1. The van der Waals surface area contributed by atoms with Crippen LogP contribution in [0.3, 0.4) is 0 Å². The van der Waals surface area contributed by atoms with Gasteiger partial charge in [-0.2, -0.15) is 5.26 Å². The van der Waals surface area contributed by atoms with Crippen molar-refractivity contribution in [2.75, 3.05) is 0 Å². The van der Waals surface area contributed by atoms with E-state index in [9.17, 15) is 4.39 Å². The molecule has 0 bridgehead atoms. The Bertz CT molecular complexity index is 306. The number of aromatic hydroxyl groups is 1. The van der Waals surface area contributed by atoms with Gasteiger partial charge in [-0.05, 0) is 0 Å². The van der Waals surface area contributed by atoms with Crippen LogP contribution >= 0.6 is 0 Å². The van der Waals surface area contributed by atoms with E-state index in [1.807, 2.05) is 0 Å². The predicted molar refractivity (Wildman–Crippen MR) is 35.2 cm³/mol. The lowest BCUT2D eigenvalue weighted by Gasteiger charge is -1.96. The summed E-state index contributed by atoms with van der Waals surface area (Å²) in [5.41, 5.74) is 0.203. The third-order valence-corrected chi connectivity index (χ3v) is 1.16. The van der Waals surface area contributed by atoms with Crippen molar-refractivity contribution in [1.29, 1.82) is 5.26 Å². The van der Waals surface area contributed by atoms with Crippen molar-refractivity contribution in [2.24, 2.45) is 0 Å². The van der Waals surface area contributed by atoms with Gasteiger partial charge in [-0.3, -0.25) is 4.98 Å². The third-order valence-electron chi connectivity index (χ3n) is 1.16. The van der Waals surface area contributed by atoms with Crippen LogP contribution in [0.5, 0.6) is 5.75 Å². The molecule has 0 aliphatic rings. The minimum atomic E-state index is -0.607. The molecule has 0 aliphatic heterocycles. The number of nitrogens with zero attached hydrogens (tertiary/aromatic N) is 2. The van der Waals surface area contributed by atoms with E-state index in [2.05, 4.69) is 4.98 Å². The van der Waals surface area contributed by atoms with Gasteiger partial charge >= 0.3 is 0 Å². The second-order valence-corrected chi connectivity index (χ2v) is 1.95. The molecule has 1 N–H and O–H groups in total. The van der Waals surface area contributed by atoms with E-state index in [0.29, 0.717) is 0 Å². The van der Waals surface area contributed by atoms with Crippen LogP contribution in [0.15, 0.2) is 12.3 Å². The Labute approximate surface area is 62.7 Å². The van der Waals surface area contributed by atoms with Crippen LogP contribution in [0, 0.1) is 17.1 Å². The molecule has 1 rings (SSSR count). The molecule has 0 saturated heterocycles. The van der Waals surface area contributed by atoms with Crippen molar-refractivity contribution in [3.05, 3.63) is 23.8 Å². The highest BCUT2D eigenvalue weighted by Gasteiger charge is 2.02. The molecule has 1 heterocycles. The van der Waals surface area contributed by atoms with E-state index in [-0.39, 0.29) is 17.9 Å².